The van der Waals surface area contributed by atoms with Gasteiger partial charge in [-0.25, -0.2) is 4.39 Å². The lowest BCUT2D eigenvalue weighted by Crippen LogP contribution is -2.44. The molecule has 7 heteroatoms. The molecule has 0 fully saturated rings. The Kier molecular flexibility index (Phi) is 12.7. The summed E-state index contributed by atoms with van der Waals surface area (Å²) in [4.78, 5) is 4.48. The average Bonchev–Trinajstić information content (AvgIpc) is 2.49. The highest BCUT2D eigenvalue weighted by Crippen LogP contribution is 2.10. The maximum absolute atomic E-state index is 12.8. The first-order valence-corrected chi connectivity index (χ1v) is 7.57. The number of rotatable bonds is 9. The average molecular weight is 439 g/mol. The number of ether oxygens (including phenoxy) is 2. The Labute approximate surface area is 155 Å². The summed E-state index contributed by atoms with van der Waals surface area (Å²) < 4.78 is 23.4. The summed E-state index contributed by atoms with van der Waals surface area (Å²) in [6.45, 7) is 6.68. The predicted molar refractivity (Wildman–Crippen MR) is 102 cm³/mol. The van der Waals surface area contributed by atoms with Gasteiger partial charge in [-0.1, -0.05) is 0 Å². The zero-order chi connectivity index (χ0) is 16.2. The highest BCUT2D eigenvalue weighted by Gasteiger charge is 2.03. The fraction of sp³-hybridized carbons (Fsp3) is 0.562. The largest absolute Gasteiger partial charge is 0.494 e. The molecular formula is C16H27FIN3O2. The first kappa shape index (κ1) is 21.9. The van der Waals surface area contributed by atoms with Crippen molar-refractivity contribution in [1.82, 2.24) is 10.6 Å². The first-order valence-electron chi connectivity index (χ1n) is 7.57. The fourth-order valence-electron chi connectivity index (χ4n) is 1.82. The summed E-state index contributed by atoms with van der Waals surface area (Å²) in [5.74, 6) is 1.18. The van der Waals surface area contributed by atoms with E-state index in [1.807, 2.05) is 13.8 Å². The van der Waals surface area contributed by atoms with Gasteiger partial charge in [-0.3, -0.25) is 4.99 Å². The number of guanidine groups is 1. The molecule has 0 bridgehead atoms. The van der Waals surface area contributed by atoms with Gasteiger partial charge >= 0.3 is 0 Å². The summed E-state index contributed by atoms with van der Waals surface area (Å²) >= 11 is 0. The number of halogens is 2. The lowest BCUT2D eigenvalue weighted by atomic mass is 10.3. The van der Waals surface area contributed by atoms with E-state index >= 15 is 0 Å². The molecule has 1 aromatic rings. The lowest BCUT2D eigenvalue weighted by Gasteiger charge is -2.17. The molecule has 1 aromatic carbocycles. The number of aliphatic imine (C=N–C) groups is 1. The minimum Gasteiger partial charge on any atom is -0.494 e. The zero-order valence-corrected chi connectivity index (χ0v) is 16.3. The molecule has 5 nitrogen and oxygen atoms in total. The topological polar surface area (TPSA) is 54.9 Å². The van der Waals surface area contributed by atoms with Crippen LogP contribution in [0.1, 0.15) is 20.3 Å². The van der Waals surface area contributed by atoms with Crippen LogP contribution in [0.4, 0.5) is 4.39 Å². The van der Waals surface area contributed by atoms with Crippen LogP contribution in [0.25, 0.3) is 0 Å². The van der Waals surface area contributed by atoms with E-state index in [1.165, 1.54) is 12.1 Å². The van der Waals surface area contributed by atoms with Gasteiger partial charge in [0.2, 0.25) is 0 Å². The van der Waals surface area contributed by atoms with E-state index in [0.29, 0.717) is 25.5 Å². The molecule has 0 heterocycles. The van der Waals surface area contributed by atoms with E-state index in [9.17, 15) is 4.39 Å². The molecule has 132 valence electrons. The minimum absolute atomic E-state index is 0. The Morgan fingerprint density at radius 3 is 2.61 bits per heavy atom. The molecule has 0 radical (unpaired) electrons. The van der Waals surface area contributed by atoms with Crippen molar-refractivity contribution in [3.8, 4) is 5.75 Å². The van der Waals surface area contributed by atoms with E-state index in [1.54, 1.807) is 19.2 Å². The third kappa shape index (κ3) is 10.3. The monoisotopic (exact) mass is 439 g/mol. The maximum atomic E-state index is 12.8. The SMILES string of the molecule is CCNC(=NCCCOc1ccc(F)cc1)NC(C)COC.I. The quantitative estimate of drug-likeness (QED) is 0.269. The summed E-state index contributed by atoms with van der Waals surface area (Å²) in [5, 5.41) is 6.45. The van der Waals surface area contributed by atoms with Crippen molar-refractivity contribution in [2.24, 2.45) is 4.99 Å². The van der Waals surface area contributed by atoms with Crippen molar-refractivity contribution < 1.29 is 13.9 Å². The zero-order valence-electron chi connectivity index (χ0n) is 14.0. The van der Waals surface area contributed by atoms with E-state index in [2.05, 4.69) is 15.6 Å². The van der Waals surface area contributed by atoms with Gasteiger partial charge in [-0.15, -0.1) is 24.0 Å². The van der Waals surface area contributed by atoms with Crippen molar-refractivity contribution >= 4 is 29.9 Å². The van der Waals surface area contributed by atoms with Gasteiger partial charge in [0.15, 0.2) is 5.96 Å². The van der Waals surface area contributed by atoms with Crippen LogP contribution >= 0.6 is 24.0 Å². The standard InChI is InChI=1S/C16H26FN3O2.HI/c1-4-18-16(20-13(2)12-21-3)19-10-5-11-22-15-8-6-14(17)7-9-15;/h6-9,13H,4-5,10-12H2,1-3H3,(H2,18,19,20);1H. The van der Waals surface area contributed by atoms with Crippen LogP contribution in [0, 0.1) is 5.82 Å². The summed E-state index contributed by atoms with van der Waals surface area (Å²) in [6.07, 6.45) is 0.784. The summed E-state index contributed by atoms with van der Waals surface area (Å²) in [7, 11) is 1.68. The van der Waals surface area contributed by atoms with Gasteiger partial charge in [0.1, 0.15) is 11.6 Å². The number of hydrogen-bond acceptors (Lipinski definition) is 3. The molecule has 23 heavy (non-hydrogen) atoms. The fourth-order valence-corrected chi connectivity index (χ4v) is 1.82. The van der Waals surface area contributed by atoms with Crippen LogP contribution in [-0.2, 0) is 4.74 Å². The van der Waals surface area contributed by atoms with Crippen molar-refractivity contribution in [2.75, 3.05) is 33.4 Å². The second kappa shape index (κ2) is 13.4. The smallest absolute Gasteiger partial charge is 0.191 e. The molecule has 0 spiro atoms. The van der Waals surface area contributed by atoms with Crippen LogP contribution < -0.4 is 15.4 Å². The van der Waals surface area contributed by atoms with Gasteiger partial charge in [-0.05, 0) is 38.1 Å². The normalized spacial score (nSPS) is 12.3. The van der Waals surface area contributed by atoms with Gasteiger partial charge < -0.3 is 20.1 Å². The third-order valence-electron chi connectivity index (χ3n) is 2.80. The number of methoxy groups -OCH3 is 1. The Balaban J connectivity index is 0.00000484. The van der Waals surface area contributed by atoms with Crippen LogP contribution in [-0.4, -0.2) is 45.4 Å². The van der Waals surface area contributed by atoms with E-state index < -0.39 is 0 Å². The van der Waals surface area contributed by atoms with Crippen LogP contribution in [0.5, 0.6) is 5.75 Å². The Morgan fingerprint density at radius 2 is 2.00 bits per heavy atom. The third-order valence-corrected chi connectivity index (χ3v) is 2.80. The number of nitrogens with zero attached hydrogens (tertiary/aromatic N) is 1. The molecule has 0 saturated carbocycles. The molecule has 1 rings (SSSR count). The molecule has 1 atom stereocenters. The molecule has 0 saturated heterocycles. The second-order valence-electron chi connectivity index (χ2n) is 4.92. The Bertz CT molecular complexity index is 443. The highest BCUT2D eigenvalue weighted by atomic mass is 127. The Hall–Kier alpha value is -1.09. The lowest BCUT2D eigenvalue weighted by molar-refractivity contribution is 0.179. The van der Waals surface area contributed by atoms with Gasteiger partial charge in [-0.2, -0.15) is 0 Å². The van der Waals surface area contributed by atoms with E-state index in [-0.39, 0.29) is 35.8 Å². The van der Waals surface area contributed by atoms with E-state index in [0.717, 1.165) is 18.9 Å². The molecule has 2 N–H and O–H groups in total. The number of nitrogens with one attached hydrogen (secondary N) is 2. The molecule has 0 aliphatic rings. The van der Waals surface area contributed by atoms with Crippen LogP contribution in [0.15, 0.2) is 29.3 Å². The van der Waals surface area contributed by atoms with Crippen molar-refractivity contribution in [3.63, 3.8) is 0 Å². The second-order valence-corrected chi connectivity index (χ2v) is 4.92. The molecule has 0 aromatic heterocycles. The molecule has 1 unspecified atom stereocenters. The van der Waals surface area contributed by atoms with Crippen molar-refractivity contribution in [1.29, 1.82) is 0 Å². The van der Waals surface area contributed by atoms with Crippen molar-refractivity contribution in [2.45, 2.75) is 26.3 Å². The highest BCUT2D eigenvalue weighted by molar-refractivity contribution is 14.0. The number of benzene rings is 1. The maximum Gasteiger partial charge on any atom is 0.191 e. The van der Waals surface area contributed by atoms with Crippen LogP contribution in [0.3, 0.4) is 0 Å². The van der Waals surface area contributed by atoms with Crippen molar-refractivity contribution in [3.05, 3.63) is 30.1 Å². The molecular weight excluding hydrogens is 412 g/mol. The predicted octanol–water partition coefficient (Wildman–Crippen LogP) is 2.80. The van der Waals surface area contributed by atoms with Gasteiger partial charge in [0.25, 0.3) is 0 Å². The van der Waals surface area contributed by atoms with Gasteiger partial charge in [0, 0.05) is 32.7 Å². The van der Waals surface area contributed by atoms with E-state index in [4.69, 9.17) is 9.47 Å². The molecule has 0 aliphatic carbocycles. The van der Waals surface area contributed by atoms with Crippen LogP contribution in [0.2, 0.25) is 0 Å². The summed E-state index contributed by atoms with van der Waals surface area (Å²) in [5.41, 5.74) is 0. The summed E-state index contributed by atoms with van der Waals surface area (Å²) in [6, 6.07) is 6.21. The Morgan fingerprint density at radius 1 is 1.30 bits per heavy atom. The minimum atomic E-state index is -0.261. The first-order chi connectivity index (χ1) is 10.7. The van der Waals surface area contributed by atoms with Gasteiger partial charge in [0.05, 0.1) is 13.2 Å². The molecule has 0 amide bonds. The number of hydrogen-bond donors (Lipinski definition) is 2. The molecule has 0 aliphatic heterocycles.